The Hall–Kier alpha value is -0.680. The minimum atomic E-state index is 0.258. The number of aromatic nitrogens is 1. The molecule has 0 aliphatic carbocycles. The standard InChI is InChI=1S/C14H20N2OS2/c1-2-16(10-12-5-3-4-6-15-12)14(17)9-13-11-18-7-8-19-13/h3-6,13H,2,7-11H2,1H3/t13-/m1/s1. The number of hydrogen-bond donors (Lipinski definition) is 0. The number of rotatable bonds is 5. The van der Waals surface area contributed by atoms with Gasteiger partial charge >= 0.3 is 0 Å². The van der Waals surface area contributed by atoms with E-state index in [0.29, 0.717) is 18.2 Å². The van der Waals surface area contributed by atoms with Gasteiger partial charge < -0.3 is 4.90 Å². The highest BCUT2D eigenvalue weighted by Gasteiger charge is 2.21. The smallest absolute Gasteiger partial charge is 0.224 e. The van der Waals surface area contributed by atoms with E-state index >= 15 is 0 Å². The van der Waals surface area contributed by atoms with Crippen molar-refractivity contribution >= 4 is 29.4 Å². The Morgan fingerprint density at radius 2 is 2.37 bits per heavy atom. The van der Waals surface area contributed by atoms with E-state index in [2.05, 4.69) is 4.98 Å². The van der Waals surface area contributed by atoms with Gasteiger partial charge in [-0.15, -0.1) is 0 Å². The second-order valence-electron chi connectivity index (χ2n) is 4.50. The molecule has 0 saturated carbocycles. The summed E-state index contributed by atoms with van der Waals surface area (Å²) >= 11 is 3.91. The second kappa shape index (κ2) is 7.80. The fraction of sp³-hybridized carbons (Fsp3) is 0.571. The maximum Gasteiger partial charge on any atom is 0.224 e. The van der Waals surface area contributed by atoms with Gasteiger partial charge in [-0.25, -0.2) is 0 Å². The Bertz CT molecular complexity index is 394. The fourth-order valence-electron chi connectivity index (χ4n) is 2.04. The first-order valence-corrected chi connectivity index (χ1v) is 8.87. The van der Waals surface area contributed by atoms with E-state index in [-0.39, 0.29) is 5.91 Å². The molecule has 1 aliphatic heterocycles. The lowest BCUT2D eigenvalue weighted by molar-refractivity contribution is -0.131. The molecule has 2 heterocycles. The topological polar surface area (TPSA) is 33.2 Å². The first kappa shape index (κ1) is 14.7. The molecule has 1 fully saturated rings. The van der Waals surface area contributed by atoms with Gasteiger partial charge in [-0.3, -0.25) is 9.78 Å². The lowest BCUT2D eigenvalue weighted by Gasteiger charge is -2.25. The van der Waals surface area contributed by atoms with Gasteiger partial charge in [0.15, 0.2) is 0 Å². The Morgan fingerprint density at radius 1 is 1.47 bits per heavy atom. The molecule has 0 radical (unpaired) electrons. The second-order valence-corrected chi connectivity index (χ2v) is 7.06. The number of carbonyl (C=O) groups is 1. The third-order valence-corrected chi connectivity index (χ3v) is 5.95. The first-order valence-electron chi connectivity index (χ1n) is 6.66. The van der Waals surface area contributed by atoms with Crippen LogP contribution < -0.4 is 0 Å². The van der Waals surface area contributed by atoms with Crippen LogP contribution >= 0.6 is 23.5 Å². The molecule has 0 bridgehead atoms. The highest BCUT2D eigenvalue weighted by Crippen LogP contribution is 2.26. The van der Waals surface area contributed by atoms with E-state index in [0.717, 1.165) is 18.0 Å². The van der Waals surface area contributed by atoms with Gasteiger partial charge in [0.05, 0.1) is 12.2 Å². The molecule has 1 aromatic heterocycles. The van der Waals surface area contributed by atoms with Crippen LogP contribution in [0, 0.1) is 0 Å². The summed E-state index contributed by atoms with van der Waals surface area (Å²) in [7, 11) is 0. The average molecular weight is 296 g/mol. The van der Waals surface area contributed by atoms with Gasteiger partial charge in [-0.1, -0.05) is 6.07 Å². The largest absolute Gasteiger partial charge is 0.337 e. The van der Waals surface area contributed by atoms with Gasteiger partial charge in [-0.2, -0.15) is 23.5 Å². The van der Waals surface area contributed by atoms with Gasteiger partial charge in [-0.05, 0) is 19.1 Å². The Morgan fingerprint density at radius 3 is 3.00 bits per heavy atom. The van der Waals surface area contributed by atoms with Crippen molar-refractivity contribution in [3.05, 3.63) is 30.1 Å². The molecule has 0 unspecified atom stereocenters. The lowest BCUT2D eigenvalue weighted by atomic mass is 10.2. The lowest BCUT2D eigenvalue weighted by Crippen LogP contribution is -2.33. The number of amides is 1. The van der Waals surface area contributed by atoms with Crippen molar-refractivity contribution in [2.45, 2.75) is 25.1 Å². The summed E-state index contributed by atoms with van der Waals surface area (Å²) in [5.41, 5.74) is 0.961. The molecule has 19 heavy (non-hydrogen) atoms. The number of thioether (sulfide) groups is 2. The third kappa shape index (κ3) is 4.73. The average Bonchev–Trinajstić information content (AvgIpc) is 2.47. The highest BCUT2D eigenvalue weighted by molar-refractivity contribution is 8.06. The Kier molecular flexibility index (Phi) is 6.04. The van der Waals surface area contributed by atoms with Crippen LogP contribution in [0.15, 0.2) is 24.4 Å². The maximum absolute atomic E-state index is 12.3. The molecular weight excluding hydrogens is 276 g/mol. The molecule has 1 aliphatic rings. The highest BCUT2D eigenvalue weighted by atomic mass is 32.2. The molecular formula is C14H20N2OS2. The van der Waals surface area contributed by atoms with Crippen LogP contribution in [-0.2, 0) is 11.3 Å². The van der Waals surface area contributed by atoms with Crippen molar-refractivity contribution in [3.63, 3.8) is 0 Å². The summed E-state index contributed by atoms with van der Waals surface area (Å²) in [6.07, 6.45) is 2.44. The summed E-state index contributed by atoms with van der Waals surface area (Å²) in [5, 5.41) is 0.490. The molecule has 1 saturated heterocycles. The zero-order chi connectivity index (χ0) is 13.5. The zero-order valence-corrected chi connectivity index (χ0v) is 12.9. The quantitative estimate of drug-likeness (QED) is 0.836. The van der Waals surface area contributed by atoms with Gasteiger partial charge in [0.2, 0.25) is 5.91 Å². The van der Waals surface area contributed by atoms with Crippen molar-refractivity contribution in [1.82, 2.24) is 9.88 Å². The number of pyridine rings is 1. The fourth-order valence-corrected chi connectivity index (χ4v) is 4.71. The van der Waals surface area contributed by atoms with Crippen LogP contribution in [0.2, 0.25) is 0 Å². The van der Waals surface area contributed by atoms with E-state index in [1.165, 1.54) is 11.5 Å². The van der Waals surface area contributed by atoms with E-state index in [1.807, 2.05) is 53.5 Å². The molecule has 0 spiro atoms. The predicted molar refractivity (Wildman–Crippen MR) is 83.5 cm³/mol. The summed E-state index contributed by atoms with van der Waals surface area (Å²) in [5.74, 6) is 3.76. The number of hydrogen-bond acceptors (Lipinski definition) is 4. The molecule has 0 aromatic carbocycles. The normalized spacial score (nSPS) is 19.1. The van der Waals surface area contributed by atoms with Crippen molar-refractivity contribution in [1.29, 1.82) is 0 Å². The van der Waals surface area contributed by atoms with Crippen LogP contribution in [0.25, 0.3) is 0 Å². The van der Waals surface area contributed by atoms with Crippen molar-refractivity contribution in [2.24, 2.45) is 0 Å². The molecule has 0 N–H and O–H groups in total. The van der Waals surface area contributed by atoms with Crippen molar-refractivity contribution in [2.75, 3.05) is 23.8 Å². The monoisotopic (exact) mass is 296 g/mol. The summed E-state index contributed by atoms with van der Waals surface area (Å²) in [6.45, 7) is 3.41. The molecule has 3 nitrogen and oxygen atoms in total. The molecule has 1 aromatic rings. The van der Waals surface area contributed by atoms with Gasteiger partial charge in [0.1, 0.15) is 0 Å². The molecule has 1 atom stereocenters. The molecule has 2 rings (SSSR count). The predicted octanol–water partition coefficient (Wildman–Crippen LogP) is 2.67. The summed E-state index contributed by atoms with van der Waals surface area (Å²) < 4.78 is 0. The minimum Gasteiger partial charge on any atom is -0.337 e. The van der Waals surface area contributed by atoms with Crippen LogP contribution in [0.4, 0.5) is 0 Å². The minimum absolute atomic E-state index is 0.258. The SMILES string of the molecule is CCN(Cc1ccccn1)C(=O)C[C@@H]1CSCCS1. The van der Waals surface area contributed by atoms with Crippen LogP contribution in [0.5, 0.6) is 0 Å². The van der Waals surface area contributed by atoms with Crippen LogP contribution in [0.3, 0.4) is 0 Å². The zero-order valence-electron chi connectivity index (χ0n) is 11.2. The Balaban J connectivity index is 1.87. The molecule has 5 heteroatoms. The summed E-state index contributed by atoms with van der Waals surface area (Å²) in [4.78, 5) is 18.5. The van der Waals surface area contributed by atoms with Gasteiger partial charge in [0.25, 0.3) is 0 Å². The van der Waals surface area contributed by atoms with E-state index in [9.17, 15) is 4.79 Å². The van der Waals surface area contributed by atoms with Crippen molar-refractivity contribution < 1.29 is 4.79 Å². The summed E-state index contributed by atoms with van der Waals surface area (Å²) in [6, 6.07) is 5.84. The number of carbonyl (C=O) groups excluding carboxylic acids is 1. The third-order valence-electron chi connectivity index (χ3n) is 3.10. The van der Waals surface area contributed by atoms with E-state index in [1.54, 1.807) is 6.20 Å². The maximum atomic E-state index is 12.3. The molecule has 104 valence electrons. The van der Waals surface area contributed by atoms with Crippen LogP contribution in [0.1, 0.15) is 19.0 Å². The molecule has 1 amide bonds. The number of nitrogens with zero attached hydrogens (tertiary/aromatic N) is 2. The van der Waals surface area contributed by atoms with E-state index in [4.69, 9.17) is 0 Å². The Labute approximate surface area is 123 Å². The van der Waals surface area contributed by atoms with Gasteiger partial charge in [0, 0.05) is 41.7 Å². The van der Waals surface area contributed by atoms with Crippen molar-refractivity contribution in [3.8, 4) is 0 Å². The van der Waals surface area contributed by atoms with Crippen LogP contribution in [-0.4, -0.2) is 44.8 Å². The van der Waals surface area contributed by atoms with E-state index < -0.39 is 0 Å². The first-order chi connectivity index (χ1) is 9.29.